The number of halogens is 1. The van der Waals surface area contributed by atoms with E-state index in [2.05, 4.69) is 42.6 Å². The van der Waals surface area contributed by atoms with Gasteiger partial charge in [0.2, 0.25) is 0 Å². The quantitative estimate of drug-likeness (QED) is 0.431. The average Bonchev–Trinajstić information content (AvgIpc) is 3.39. The minimum absolute atomic E-state index is 0.00882. The molecule has 0 bridgehead atoms. The number of amides is 1. The van der Waals surface area contributed by atoms with Crippen LogP contribution >= 0.6 is 15.9 Å². The molecule has 0 unspecified atom stereocenters. The van der Waals surface area contributed by atoms with Crippen molar-refractivity contribution < 1.29 is 9.32 Å². The highest BCUT2D eigenvalue weighted by Crippen LogP contribution is 2.31. The van der Waals surface area contributed by atoms with Crippen LogP contribution < -0.4 is 5.32 Å². The Bertz CT molecular complexity index is 1270. The third-order valence-electron chi connectivity index (χ3n) is 6.09. The van der Waals surface area contributed by atoms with Crippen molar-refractivity contribution in [2.75, 3.05) is 18.4 Å². The normalized spacial score (nSPS) is 14.7. The highest BCUT2D eigenvalue weighted by Gasteiger charge is 2.29. The number of carbonyl (C=O) groups excluding carboxylic acids is 1. The lowest BCUT2D eigenvalue weighted by Crippen LogP contribution is -2.38. The van der Waals surface area contributed by atoms with Crippen LogP contribution in [-0.2, 0) is 6.54 Å². The minimum Gasteiger partial charge on any atom is -0.366 e. The molecule has 0 aliphatic carbocycles. The summed E-state index contributed by atoms with van der Waals surface area (Å²) in [5.41, 5.74) is 4.08. The molecule has 4 aromatic rings. The van der Waals surface area contributed by atoms with Gasteiger partial charge >= 0.3 is 0 Å². The number of fused-ring (bicyclic) bond motifs is 1. The van der Waals surface area contributed by atoms with E-state index < -0.39 is 0 Å². The second-order valence-electron chi connectivity index (χ2n) is 8.27. The number of anilines is 1. The van der Waals surface area contributed by atoms with Gasteiger partial charge in [-0.25, -0.2) is 4.98 Å². The summed E-state index contributed by atoms with van der Waals surface area (Å²) in [5.74, 6) is 1.69. The second-order valence-corrected chi connectivity index (χ2v) is 9.13. The topological polar surface area (TPSA) is 101 Å². The maximum absolute atomic E-state index is 13.0. The molecular weight excluding hydrogens is 486 g/mol. The van der Waals surface area contributed by atoms with Crippen molar-refractivity contribution in [3.8, 4) is 0 Å². The van der Waals surface area contributed by atoms with E-state index in [1.54, 1.807) is 30.8 Å². The van der Waals surface area contributed by atoms with Crippen LogP contribution in [0.25, 0.3) is 5.65 Å². The lowest BCUT2D eigenvalue weighted by Gasteiger charge is -2.32. The Kier molecular flexibility index (Phi) is 5.84. The van der Waals surface area contributed by atoms with Gasteiger partial charge in [-0.15, -0.1) is 0 Å². The number of pyridine rings is 1. The fraction of sp³-hybridized carbons (Fsp3) is 0.348. The summed E-state index contributed by atoms with van der Waals surface area (Å²) in [6.45, 7) is 5.55. The van der Waals surface area contributed by atoms with E-state index >= 15 is 0 Å². The van der Waals surface area contributed by atoms with E-state index in [4.69, 9.17) is 9.51 Å². The standard InChI is InChI=1S/C23H24BrN7O2/c1-14-21(15(2)33-29-14)23(32)30-8-5-17(6-9-30)19-10-20(26-12-16-4-3-7-25-11-16)31-22(28-19)18(24)13-27-31/h3-4,7,10-11,13,17,26H,5-6,8-9,12H2,1-2H3. The zero-order valence-electron chi connectivity index (χ0n) is 18.5. The number of hydrogen-bond acceptors (Lipinski definition) is 7. The third kappa shape index (κ3) is 4.22. The number of piperidine rings is 1. The molecule has 5 heterocycles. The first-order valence-electron chi connectivity index (χ1n) is 10.9. The number of carbonyl (C=O) groups is 1. The molecule has 10 heteroatoms. The Hall–Kier alpha value is -3.27. The van der Waals surface area contributed by atoms with Gasteiger partial charge in [0, 0.05) is 49.7 Å². The van der Waals surface area contributed by atoms with E-state index in [9.17, 15) is 4.79 Å². The Morgan fingerprint density at radius 2 is 2.09 bits per heavy atom. The van der Waals surface area contributed by atoms with Crippen LogP contribution in [0, 0.1) is 13.8 Å². The number of rotatable bonds is 5. The molecule has 170 valence electrons. The fourth-order valence-corrected chi connectivity index (χ4v) is 4.66. The van der Waals surface area contributed by atoms with Gasteiger partial charge < -0.3 is 14.7 Å². The predicted molar refractivity (Wildman–Crippen MR) is 126 cm³/mol. The average molecular weight is 510 g/mol. The second kappa shape index (κ2) is 8.93. The van der Waals surface area contributed by atoms with E-state index in [1.807, 2.05) is 23.2 Å². The molecule has 0 spiro atoms. The summed E-state index contributed by atoms with van der Waals surface area (Å²) in [6, 6.07) is 6.02. The van der Waals surface area contributed by atoms with Crippen LogP contribution in [0.2, 0.25) is 0 Å². The molecule has 0 radical (unpaired) electrons. The largest absolute Gasteiger partial charge is 0.366 e. The van der Waals surface area contributed by atoms with Crippen LogP contribution in [0.3, 0.4) is 0 Å². The van der Waals surface area contributed by atoms with Gasteiger partial charge in [-0.1, -0.05) is 11.2 Å². The minimum atomic E-state index is -0.00882. The Morgan fingerprint density at radius 3 is 2.79 bits per heavy atom. The molecule has 5 rings (SSSR count). The number of hydrogen-bond donors (Lipinski definition) is 1. The monoisotopic (exact) mass is 509 g/mol. The molecule has 1 amide bonds. The summed E-state index contributed by atoms with van der Waals surface area (Å²) < 4.78 is 7.83. The van der Waals surface area contributed by atoms with Crippen molar-refractivity contribution in [1.82, 2.24) is 29.6 Å². The van der Waals surface area contributed by atoms with Gasteiger partial charge in [-0.05, 0) is 54.2 Å². The van der Waals surface area contributed by atoms with Crippen molar-refractivity contribution in [3.63, 3.8) is 0 Å². The zero-order chi connectivity index (χ0) is 22.9. The zero-order valence-corrected chi connectivity index (χ0v) is 20.0. The smallest absolute Gasteiger partial charge is 0.259 e. The van der Waals surface area contributed by atoms with Crippen molar-refractivity contribution in [1.29, 1.82) is 0 Å². The first-order valence-corrected chi connectivity index (χ1v) is 11.7. The Morgan fingerprint density at radius 1 is 1.27 bits per heavy atom. The molecule has 9 nitrogen and oxygen atoms in total. The van der Waals surface area contributed by atoms with Crippen molar-refractivity contribution in [3.05, 3.63) is 69.5 Å². The van der Waals surface area contributed by atoms with Crippen LogP contribution in [0.15, 0.2) is 45.8 Å². The fourth-order valence-electron chi connectivity index (χ4n) is 4.31. The van der Waals surface area contributed by atoms with Gasteiger partial charge in [0.25, 0.3) is 5.91 Å². The highest BCUT2D eigenvalue weighted by atomic mass is 79.9. The first-order chi connectivity index (χ1) is 16.0. The summed E-state index contributed by atoms with van der Waals surface area (Å²) in [7, 11) is 0. The Labute approximate surface area is 199 Å². The molecule has 0 saturated carbocycles. The maximum Gasteiger partial charge on any atom is 0.259 e. The molecule has 4 aromatic heterocycles. The van der Waals surface area contributed by atoms with Crippen LogP contribution in [0.4, 0.5) is 5.82 Å². The number of nitrogens with one attached hydrogen (secondary N) is 1. The highest BCUT2D eigenvalue weighted by molar-refractivity contribution is 9.10. The van der Waals surface area contributed by atoms with Gasteiger partial charge in [0.05, 0.1) is 16.4 Å². The summed E-state index contributed by atoms with van der Waals surface area (Å²) in [6.07, 6.45) is 7.04. The van der Waals surface area contributed by atoms with E-state index in [-0.39, 0.29) is 11.8 Å². The van der Waals surface area contributed by atoms with Crippen LogP contribution in [0.5, 0.6) is 0 Å². The van der Waals surface area contributed by atoms with E-state index in [1.165, 1.54) is 0 Å². The molecule has 0 aromatic carbocycles. The van der Waals surface area contributed by atoms with Gasteiger partial charge in [-0.3, -0.25) is 9.78 Å². The first kappa shape index (κ1) is 21.6. The molecule has 1 aliphatic heterocycles. The number of aromatic nitrogens is 5. The SMILES string of the molecule is Cc1noc(C)c1C(=O)N1CCC(c2cc(NCc3cccnc3)n3ncc(Br)c3n2)CC1. The number of aryl methyl sites for hydroxylation is 2. The van der Waals surface area contributed by atoms with Gasteiger partial charge in [0.1, 0.15) is 17.1 Å². The summed E-state index contributed by atoms with van der Waals surface area (Å²) in [5, 5.41) is 11.9. The maximum atomic E-state index is 13.0. The molecular formula is C23H24BrN7O2. The predicted octanol–water partition coefficient (Wildman–Crippen LogP) is 4.12. The molecule has 1 aliphatic rings. The van der Waals surface area contributed by atoms with Crippen LogP contribution in [-0.4, -0.2) is 48.6 Å². The summed E-state index contributed by atoms with van der Waals surface area (Å²) in [4.78, 5) is 23.9. The Balaban J connectivity index is 1.35. The number of likely N-dealkylation sites (tertiary alicyclic amines) is 1. The van der Waals surface area contributed by atoms with Gasteiger partial charge in [0.15, 0.2) is 5.65 Å². The van der Waals surface area contributed by atoms with Crippen molar-refractivity contribution in [2.24, 2.45) is 0 Å². The van der Waals surface area contributed by atoms with E-state index in [0.717, 1.165) is 40.0 Å². The van der Waals surface area contributed by atoms with Crippen molar-refractivity contribution in [2.45, 2.75) is 39.2 Å². The lowest BCUT2D eigenvalue weighted by molar-refractivity contribution is 0.0709. The van der Waals surface area contributed by atoms with Crippen molar-refractivity contribution >= 4 is 33.3 Å². The molecule has 33 heavy (non-hydrogen) atoms. The van der Waals surface area contributed by atoms with Gasteiger partial charge in [-0.2, -0.15) is 9.61 Å². The lowest BCUT2D eigenvalue weighted by atomic mass is 9.92. The molecule has 1 N–H and O–H groups in total. The molecule has 0 atom stereocenters. The van der Waals surface area contributed by atoms with E-state index in [0.29, 0.717) is 36.7 Å². The molecule has 1 saturated heterocycles. The summed E-state index contributed by atoms with van der Waals surface area (Å²) >= 11 is 3.57. The van der Waals surface area contributed by atoms with Crippen LogP contribution in [0.1, 0.15) is 51.8 Å². The third-order valence-corrected chi connectivity index (χ3v) is 6.65. The number of nitrogens with zero attached hydrogens (tertiary/aromatic N) is 6. The molecule has 1 fully saturated rings.